The van der Waals surface area contributed by atoms with E-state index in [1.807, 2.05) is 25.1 Å². The van der Waals surface area contributed by atoms with Gasteiger partial charge in [0.05, 0.1) is 18.6 Å². The van der Waals surface area contributed by atoms with Crippen molar-refractivity contribution >= 4 is 23.1 Å². The number of pyridine rings is 1. The van der Waals surface area contributed by atoms with Crippen molar-refractivity contribution in [3.63, 3.8) is 0 Å². The van der Waals surface area contributed by atoms with Crippen molar-refractivity contribution in [1.82, 2.24) is 24.8 Å². The Bertz CT molecular complexity index is 1230. The van der Waals surface area contributed by atoms with E-state index in [2.05, 4.69) is 15.0 Å². The van der Waals surface area contributed by atoms with E-state index in [-0.39, 0.29) is 6.03 Å². The summed E-state index contributed by atoms with van der Waals surface area (Å²) in [5.74, 6) is -2.29. The molecule has 1 aromatic carbocycles. The first-order valence-electron chi connectivity index (χ1n) is 11.5. The fourth-order valence-electron chi connectivity index (χ4n) is 4.90. The van der Waals surface area contributed by atoms with Crippen molar-refractivity contribution < 1.29 is 18.3 Å². The summed E-state index contributed by atoms with van der Waals surface area (Å²) in [4.78, 5) is 28.2. The molecule has 4 heterocycles. The maximum absolute atomic E-state index is 13.7. The van der Waals surface area contributed by atoms with Crippen LogP contribution in [0.4, 0.5) is 19.5 Å². The molecule has 0 aliphatic carbocycles. The molecular formula is C24H28F2N6O2. The number of alkyl halides is 2. The van der Waals surface area contributed by atoms with Gasteiger partial charge < -0.3 is 25.3 Å². The summed E-state index contributed by atoms with van der Waals surface area (Å²) in [6.45, 7) is 4.84. The Morgan fingerprint density at radius 3 is 2.68 bits per heavy atom. The first kappa shape index (κ1) is 22.4. The summed E-state index contributed by atoms with van der Waals surface area (Å²) in [7, 11) is 0. The van der Waals surface area contributed by atoms with Gasteiger partial charge in [-0.2, -0.15) is 4.98 Å². The van der Waals surface area contributed by atoms with Crippen LogP contribution in [0.2, 0.25) is 0 Å². The SMILES string of the molecule is Cc1cc(-c2cnc3nc(N)[nH]c3c2)cc2c1OCCN(C(=O)N1CCC(C(C)(F)F)CC1)C2. The fourth-order valence-corrected chi connectivity index (χ4v) is 4.90. The number of piperidine rings is 1. The number of nitrogens with one attached hydrogen (secondary N) is 1. The molecular weight excluding hydrogens is 442 g/mol. The monoisotopic (exact) mass is 470 g/mol. The maximum Gasteiger partial charge on any atom is 0.320 e. The van der Waals surface area contributed by atoms with Crippen LogP contribution in [-0.2, 0) is 6.54 Å². The third kappa shape index (κ3) is 4.24. The minimum atomic E-state index is -2.71. The van der Waals surface area contributed by atoms with Crippen molar-refractivity contribution in [2.45, 2.75) is 39.2 Å². The number of imidazole rings is 1. The van der Waals surface area contributed by atoms with Gasteiger partial charge in [-0.3, -0.25) is 0 Å². The topological polar surface area (TPSA) is 100 Å². The number of carbonyl (C=O) groups excluding carboxylic acids is 1. The van der Waals surface area contributed by atoms with E-state index in [4.69, 9.17) is 10.5 Å². The van der Waals surface area contributed by atoms with Gasteiger partial charge in [-0.15, -0.1) is 0 Å². The second-order valence-corrected chi connectivity index (χ2v) is 9.27. The van der Waals surface area contributed by atoms with Crippen LogP contribution in [0.15, 0.2) is 24.4 Å². The van der Waals surface area contributed by atoms with Gasteiger partial charge >= 0.3 is 6.03 Å². The average Bonchev–Trinajstić information content (AvgIpc) is 3.03. The van der Waals surface area contributed by atoms with Crippen molar-refractivity contribution in [1.29, 1.82) is 0 Å². The number of benzene rings is 1. The number of likely N-dealkylation sites (tertiary alicyclic amines) is 1. The zero-order chi connectivity index (χ0) is 24.0. The predicted octanol–water partition coefficient (Wildman–Crippen LogP) is 4.20. The van der Waals surface area contributed by atoms with Gasteiger partial charge in [-0.1, -0.05) is 0 Å². The number of nitrogens with zero attached hydrogens (tertiary/aromatic N) is 4. The Kier molecular flexibility index (Phi) is 5.53. The molecule has 180 valence electrons. The predicted molar refractivity (Wildman–Crippen MR) is 125 cm³/mol. The number of hydrogen-bond donors (Lipinski definition) is 2. The molecule has 2 aromatic heterocycles. The molecule has 0 atom stereocenters. The second kappa shape index (κ2) is 8.41. The summed E-state index contributed by atoms with van der Waals surface area (Å²) >= 11 is 0. The number of anilines is 1. The number of nitrogens with two attached hydrogens (primary N) is 1. The number of carbonyl (C=O) groups is 1. The van der Waals surface area contributed by atoms with E-state index in [1.165, 1.54) is 0 Å². The van der Waals surface area contributed by atoms with E-state index in [9.17, 15) is 13.6 Å². The molecule has 5 rings (SSSR count). The molecule has 0 spiro atoms. The largest absolute Gasteiger partial charge is 0.491 e. The third-order valence-electron chi connectivity index (χ3n) is 6.76. The molecule has 3 N–H and O–H groups in total. The quantitative estimate of drug-likeness (QED) is 0.585. The summed E-state index contributed by atoms with van der Waals surface area (Å²) in [5.41, 5.74) is 10.8. The Labute approximate surface area is 196 Å². The highest BCUT2D eigenvalue weighted by Crippen LogP contribution is 2.35. The molecule has 0 radical (unpaired) electrons. The molecule has 2 aliphatic heterocycles. The minimum absolute atomic E-state index is 0.131. The van der Waals surface area contributed by atoms with Crippen LogP contribution in [-0.4, -0.2) is 62.9 Å². The maximum atomic E-state index is 13.7. The van der Waals surface area contributed by atoms with Crippen molar-refractivity contribution in [3.05, 3.63) is 35.5 Å². The van der Waals surface area contributed by atoms with Gasteiger partial charge in [0.1, 0.15) is 12.4 Å². The number of aromatic amines is 1. The van der Waals surface area contributed by atoms with E-state index in [0.29, 0.717) is 57.2 Å². The van der Waals surface area contributed by atoms with E-state index >= 15 is 0 Å². The zero-order valence-electron chi connectivity index (χ0n) is 19.3. The molecule has 1 fully saturated rings. The van der Waals surface area contributed by atoms with Crippen molar-refractivity contribution in [3.8, 4) is 16.9 Å². The number of hydrogen-bond acceptors (Lipinski definition) is 5. The summed E-state index contributed by atoms with van der Waals surface area (Å²) in [6, 6.07) is 5.86. The van der Waals surface area contributed by atoms with Gasteiger partial charge in [0.25, 0.3) is 0 Å². The lowest BCUT2D eigenvalue weighted by molar-refractivity contribution is -0.0594. The van der Waals surface area contributed by atoms with E-state index in [1.54, 1.807) is 16.0 Å². The molecule has 2 aliphatic rings. The Morgan fingerprint density at radius 2 is 1.94 bits per heavy atom. The number of urea groups is 1. The lowest BCUT2D eigenvalue weighted by atomic mass is 9.91. The lowest BCUT2D eigenvalue weighted by Gasteiger charge is -2.37. The molecule has 0 unspecified atom stereocenters. The smallest absolute Gasteiger partial charge is 0.320 e. The Morgan fingerprint density at radius 1 is 1.18 bits per heavy atom. The van der Waals surface area contributed by atoms with Gasteiger partial charge in [-0.05, 0) is 56.0 Å². The van der Waals surface area contributed by atoms with Crippen LogP contribution in [0.3, 0.4) is 0 Å². The molecule has 3 aromatic rings. The highest BCUT2D eigenvalue weighted by molar-refractivity contribution is 5.80. The molecule has 0 bridgehead atoms. The number of H-pyrrole nitrogens is 1. The number of amides is 2. The second-order valence-electron chi connectivity index (χ2n) is 9.27. The van der Waals surface area contributed by atoms with Crippen LogP contribution in [0.25, 0.3) is 22.3 Å². The number of nitrogen functional groups attached to an aromatic ring is 1. The van der Waals surface area contributed by atoms with Crippen LogP contribution < -0.4 is 10.5 Å². The zero-order valence-corrected chi connectivity index (χ0v) is 19.3. The standard InChI is InChI=1S/C24H28F2N6O2/c1-14-9-15(16-11-19-21(28-12-16)30-22(27)29-19)10-17-13-32(7-8-34-20(14)17)23(33)31-5-3-18(4-6-31)24(2,25)26/h9-12,18H,3-8,13H2,1-2H3,(H3,27,28,29,30). The summed E-state index contributed by atoms with van der Waals surface area (Å²) < 4.78 is 33.3. The number of halogens is 2. The van der Waals surface area contributed by atoms with Gasteiger partial charge in [0, 0.05) is 36.3 Å². The number of fused-ring (bicyclic) bond motifs is 2. The number of ether oxygens (including phenoxy) is 1. The van der Waals surface area contributed by atoms with Gasteiger partial charge in [0.15, 0.2) is 11.6 Å². The van der Waals surface area contributed by atoms with Crippen molar-refractivity contribution in [2.24, 2.45) is 5.92 Å². The normalized spacial score (nSPS) is 17.4. The lowest BCUT2D eigenvalue weighted by Crippen LogP contribution is -2.48. The van der Waals surface area contributed by atoms with E-state index in [0.717, 1.165) is 40.4 Å². The van der Waals surface area contributed by atoms with Crippen molar-refractivity contribution in [2.75, 3.05) is 32.0 Å². The average molecular weight is 471 g/mol. The van der Waals surface area contributed by atoms with Gasteiger partial charge in [-0.25, -0.2) is 18.6 Å². The molecule has 8 nitrogen and oxygen atoms in total. The molecule has 10 heteroatoms. The minimum Gasteiger partial charge on any atom is -0.491 e. The number of aromatic nitrogens is 3. The van der Waals surface area contributed by atoms with Gasteiger partial charge in [0.2, 0.25) is 5.92 Å². The summed E-state index contributed by atoms with van der Waals surface area (Å²) in [5, 5.41) is 0. The fraction of sp³-hybridized carbons (Fsp3) is 0.458. The highest BCUT2D eigenvalue weighted by atomic mass is 19.3. The molecule has 0 saturated carbocycles. The Hall–Kier alpha value is -3.43. The number of rotatable bonds is 2. The van der Waals surface area contributed by atoms with Crippen LogP contribution in [0.5, 0.6) is 5.75 Å². The van der Waals surface area contributed by atoms with Crippen LogP contribution >= 0.6 is 0 Å². The van der Waals surface area contributed by atoms with Crippen LogP contribution in [0.1, 0.15) is 30.9 Å². The highest BCUT2D eigenvalue weighted by Gasteiger charge is 2.38. The van der Waals surface area contributed by atoms with Crippen LogP contribution in [0, 0.1) is 12.8 Å². The molecule has 34 heavy (non-hydrogen) atoms. The Balaban J connectivity index is 1.38. The first-order chi connectivity index (χ1) is 16.2. The third-order valence-corrected chi connectivity index (χ3v) is 6.76. The molecule has 2 amide bonds. The molecule has 1 saturated heterocycles. The van der Waals surface area contributed by atoms with E-state index < -0.39 is 11.8 Å². The first-order valence-corrected chi connectivity index (χ1v) is 11.5. The summed E-state index contributed by atoms with van der Waals surface area (Å²) in [6.07, 6.45) is 2.37. The number of aryl methyl sites for hydroxylation is 1.